The zero-order valence-corrected chi connectivity index (χ0v) is 12.3. The van der Waals surface area contributed by atoms with Crippen LogP contribution in [-0.4, -0.2) is 28.4 Å². The van der Waals surface area contributed by atoms with Crippen molar-refractivity contribution in [3.63, 3.8) is 0 Å². The molecule has 0 bridgehead atoms. The van der Waals surface area contributed by atoms with E-state index in [2.05, 4.69) is 9.72 Å². The van der Waals surface area contributed by atoms with Crippen molar-refractivity contribution in [2.24, 2.45) is 5.73 Å². The van der Waals surface area contributed by atoms with Gasteiger partial charge in [-0.1, -0.05) is 0 Å². The summed E-state index contributed by atoms with van der Waals surface area (Å²) in [7, 11) is 0. The molecule has 116 valence electrons. The highest BCUT2D eigenvalue weighted by molar-refractivity contribution is 6.02. The Kier molecular flexibility index (Phi) is 8.21. The predicted octanol–water partition coefficient (Wildman–Crippen LogP) is 0.760. The average molecular weight is 296 g/mol. The molecule has 7 heteroatoms. The highest BCUT2D eigenvalue weighted by Gasteiger charge is 2.06. The first kappa shape index (κ1) is 18.4. The number of ketones is 1. The number of carbonyl (C=O) groups is 2. The number of nitrogens with one attached hydrogen (secondary N) is 1. The maximum atomic E-state index is 10.9. The van der Waals surface area contributed by atoms with E-state index in [0.29, 0.717) is 11.4 Å². The Morgan fingerprint density at radius 2 is 2.05 bits per heavy atom. The minimum absolute atomic E-state index is 0.0104. The number of hydrogen-bond acceptors (Lipinski definition) is 6. The van der Waals surface area contributed by atoms with E-state index in [0.717, 1.165) is 6.07 Å². The molecule has 0 aliphatic carbocycles. The van der Waals surface area contributed by atoms with Crippen LogP contribution >= 0.6 is 0 Å². The lowest BCUT2D eigenvalue weighted by Crippen LogP contribution is -2.10. The van der Waals surface area contributed by atoms with Gasteiger partial charge >= 0.3 is 5.97 Å². The number of aromatic nitrogens is 1. The second-order valence-corrected chi connectivity index (χ2v) is 4.22. The number of ether oxygens (including phenoxy) is 1. The number of pyridine rings is 1. The van der Waals surface area contributed by atoms with Crippen LogP contribution in [0.2, 0.25) is 0 Å². The summed E-state index contributed by atoms with van der Waals surface area (Å²) < 4.78 is 4.56. The topological polar surface area (TPSA) is 122 Å². The lowest BCUT2D eigenvalue weighted by Gasteiger charge is -1.97. The first-order chi connectivity index (χ1) is 9.74. The van der Waals surface area contributed by atoms with Gasteiger partial charge in [0, 0.05) is 23.5 Å². The molecule has 1 aromatic rings. The first-order valence-corrected chi connectivity index (χ1v) is 6.26. The average Bonchev–Trinajstić information content (AvgIpc) is 2.25. The monoisotopic (exact) mass is 296 g/mol. The number of allylic oxidation sites excluding steroid dienone is 2. The van der Waals surface area contributed by atoms with E-state index in [-0.39, 0.29) is 30.1 Å². The second kappa shape index (κ2) is 9.35. The summed E-state index contributed by atoms with van der Waals surface area (Å²) in [5, 5.41) is 8.77. The van der Waals surface area contributed by atoms with E-state index in [9.17, 15) is 14.4 Å². The molecular weight excluding hydrogens is 276 g/mol. The Labute approximate surface area is 122 Å². The SMILES string of the molecule is CCOC(=O)CC(=O)/C=C(/C)N.Cc1cc(O)cc(=O)[nH]1. The summed E-state index contributed by atoms with van der Waals surface area (Å²) >= 11 is 0. The Balaban J connectivity index is 0.000000394. The third-order valence-electron chi connectivity index (χ3n) is 1.98. The van der Waals surface area contributed by atoms with E-state index in [4.69, 9.17) is 10.8 Å². The number of hydrogen-bond donors (Lipinski definition) is 3. The summed E-state index contributed by atoms with van der Waals surface area (Å²) in [6, 6.07) is 2.62. The molecule has 0 aromatic carbocycles. The largest absolute Gasteiger partial charge is 0.508 e. The van der Waals surface area contributed by atoms with Crippen molar-refractivity contribution in [3.8, 4) is 5.75 Å². The molecular formula is C14H20N2O5. The molecule has 1 aromatic heterocycles. The number of carbonyl (C=O) groups excluding carboxylic acids is 2. The lowest BCUT2D eigenvalue weighted by atomic mass is 10.2. The molecule has 0 atom stereocenters. The fraction of sp³-hybridized carbons (Fsp3) is 0.357. The molecule has 0 aliphatic rings. The molecule has 4 N–H and O–H groups in total. The number of aromatic hydroxyl groups is 1. The van der Waals surface area contributed by atoms with E-state index >= 15 is 0 Å². The van der Waals surface area contributed by atoms with Gasteiger partial charge in [-0.25, -0.2) is 0 Å². The zero-order chi connectivity index (χ0) is 16.4. The van der Waals surface area contributed by atoms with Crippen LogP contribution in [0, 0.1) is 6.92 Å². The molecule has 0 saturated carbocycles. The van der Waals surface area contributed by atoms with Crippen LogP contribution in [0.15, 0.2) is 28.7 Å². The van der Waals surface area contributed by atoms with E-state index < -0.39 is 5.97 Å². The summed E-state index contributed by atoms with van der Waals surface area (Å²) in [6.07, 6.45) is 0.985. The van der Waals surface area contributed by atoms with Gasteiger partial charge in [0.1, 0.15) is 12.2 Å². The molecule has 1 heterocycles. The van der Waals surface area contributed by atoms with Crippen LogP contribution in [0.1, 0.15) is 26.0 Å². The smallest absolute Gasteiger partial charge is 0.313 e. The van der Waals surface area contributed by atoms with Gasteiger partial charge in [-0.05, 0) is 26.8 Å². The maximum absolute atomic E-state index is 10.9. The molecule has 0 spiro atoms. The summed E-state index contributed by atoms with van der Waals surface area (Å²) in [4.78, 5) is 34.6. The van der Waals surface area contributed by atoms with Crippen LogP contribution < -0.4 is 11.3 Å². The zero-order valence-electron chi connectivity index (χ0n) is 12.3. The minimum Gasteiger partial charge on any atom is -0.508 e. The molecule has 0 amide bonds. The molecule has 0 saturated heterocycles. The van der Waals surface area contributed by atoms with Crippen molar-refractivity contribution in [2.45, 2.75) is 27.2 Å². The van der Waals surface area contributed by atoms with Crippen molar-refractivity contribution in [3.05, 3.63) is 40.0 Å². The van der Waals surface area contributed by atoms with Gasteiger partial charge in [-0.2, -0.15) is 0 Å². The number of aromatic amines is 1. The molecule has 0 fully saturated rings. The minimum atomic E-state index is -0.514. The second-order valence-electron chi connectivity index (χ2n) is 4.22. The van der Waals surface area contributed by atoms with Crippen LogP contribution in [0.3, 0.4) is 0 Å². The highest BCUT2D eigenvalue weighted by atomic mass is 16.5. The van der Waals surface area contributed by atoms with Crippen molar-refractivity contribution in [2.75, 3.05) is 6.61 Å². The normalized spacial score (nSPS) is 10.3. The Morgan fingerprint density at radius 1 is 1.43 bits per heavy atom. The molecule has 0 radical (unpaired) electrons. The van der Waals surface area contributed by atoms with Crippen LogP contribution in [0.4, 0.5) is 0 Å². The van der Waals surface area contributed by atoms with E-state index in [1.807, 2.05) is 0 Å². The highest BCUT2D eigenvalue weighted by Crippen LogP contribution is 2.02. The Bertz CT molecular complexity index is 548. The van der Waals surface area contributed by atoms with Gasteiger partial charge in [-0.3, -0.25) is 14.4 Å². The third kappa shape index (κ3) is 9.94. The van der Waals surface area contributed by atoms with Crippen molar-refractivity contribution < 1.29 is 19.4 Å². The predicted molar refractivity (Wildman–Crippen MR) is 77.7 cm³/mol. The lowest BCUT2D eigenvalue weighted by molar-refractivity contribution is -0.144. The fourth-order valence-corrected chi connectivity index (χ4v) is 1.32. The Hall–Kier alpha value is -2.57. The van der Waals surface area contributed by atoms with Gasteiger partial charge in [-0.15, -0.1) is 0 Å². The number of aryl methyl sites for hydroxylation is 1. The van der Waals surface area contributed by atoms with Gasteiger partial charge in [0.05, 0.1) is 6.61 Å². The number of rotatable bonds is 4. The number of H-pyrrole nitrogens is 1. The van der Waals surface area contributed by atoms with E-state index in [1.165, 1.54) is 12.1 Å². The number of nitrogens with two attached hydrogens (primary N) is 1. The number of esters is 1. The maximum Gasteiger partial charge on any atom is 0.313 e. The van der Waals surface area contributed by atoms with Crippen LogP contribution in [-0.2, 0) is 14.3 Å². The van der Waals surface area contributed by atoms with Gasteiger partial charge < -0.3 is 20.6 Å². The van der Waals surface area contributed by atoms with Crippen LogP contribution in [0.25, 0.3) is 0 Å². The van der Waals surface area contributed by atoms with Crippen molar-refractivity contribution in [1.82, 2.24) is 4.98 Å². The fourth-order valence-electron chi connectivity index (χ4n) is 1.32. The van der Waals surface area contributed by atoms with Gasteiger partial charge in [0.2, 0.25) is 0 Å². The summed E-state index contributed by atoms with van der Waals surface area (Å²) in [6.45, 7) is 5.27. The molecule has 0 unspecified atom stereocenters. The van der Waals surface area contributed by atoms with Crippen molar-refractivity contribution >= 4 is 11.8 Å². The summed E-state index contributed by atoms with van der Waals surface area (Å²) in [5.74, 6) is -0.829. The van der Waals surface area contributed by atoms with Gasteiger partial charge in [0.25, 0.3) is 5.56 Å². The first-order valence-electron chi connectivity index (χ1n) is 6.26. The molecule has 21 heavy (non-hydrogen) atoms. The molecule has 0 aliphatic heterocycles. The quantitative estimate of drug-likeness (QED) is 0.428. The standard InChI is InChI=1S/C8H13NO3.C6H7NO2/c1-3-12-8(11)5-7(10)4-6(2)9;1-4-2-5(8)3-6(9)7-4/h4H,3,5,9H2,1-2H3;2-3H,1H3,(H2,7,8,9)/b6-4-;. The van der Waals surface area contributed by atoms with Gasteiger partial charge in [0.15, 0.2) is 5.78 Å². The van der Waals surface area contributed by atoms with E-state index in [1.54, 1.807) is 20.8 Å². The molecule has 1 rings (SSSR count). The third-order valence-corrected chi connectivity index (χ3v) is 1.98. The van der Waals surface area contributed by atoms with Crippen LogP contribution in [0.5, 0.6) is 5.75 Å². The summed E-state index contributed by atoms with van der Waals surface area (Å²) in [5.41, 5.74) is 6.02. The van der Waals surface area contributed by atoms with Crippen molar-refractivity contribution in [1.29, 1.82) is 0 Å². The Morgan fingerprint density at radius 3 is 2.48 bits per heavy atom. The molecule has 7 nitrogen and oxygen atoms in total.